The van der Waals surface area contributed by atoms with Gasteiger partial charge in [0.25, 0.3) is 0 Å². The summed E-state index contributed by atoms with van der Waals surface area (Å²) >= 11 is 0. The van der Waals surface area contributed by atoms with Crippen molar-refractivity contribution in [2.24, 2.45) is 5.73 Å². The fraction of sp³-hybridized carbons (Fsp3) is 0.533. The van der Waals surface area contributed by atoms with Gasteiger partial charge in [0.2, 0.25) is 0 Å². The Hall–Kier alpha value is -2.00. The summed E-state index contributed by atoms with van der Waals surface area (Å²) in [5, 5.41) is 5.92. The number of urea groups is 1. The standard InChI is InChI=1S/C15H27N5O3S/c1-6-20(7-2,8-3)19(15(16)21)24(22,23)12-9-10-13(17-4)14(11-12)18-5/h9-11,17-18H,6-8H2,1-5H3,(H-,16,21)/p+1. The van der Waals surface area contributed by atoms with E-state index in [-0.39, 0.29) is 9.49 Å². The lowest BCUT2D eigenvalue weighted by molar-refractivity contribution is -1.00. The lowest BCUT2D eigenvalue weighted by atomic mass is 10.2. The molecule has 1 rings (SSSR count). The molecule has 0 aliphatic heterocycles. The van der Waals surface area contributed by atoms with Gasteiger partial charge in [-0.25, -0.2) is 9.39 Å². The predicted octanol–water partition coefficient (Wildman–Crippen LogP) is 1.63. The number of nitrogens with zero attached hydrogens (tertiary/aromatic N) is 2. The lowest BCUT2D eigenvalue weighted by Gasteiger charge is -2.41. The van der Waals surface area contributed by atoms with E-state index in [1.165, 1.54) is 12.1 Å². The molecule has 0 saturated carbocycles. The fourth-order valence-electron chi connectivity index (χ4n) is 2.82. The van der Waals surface area contributed by atoms with E-state index < -0.39 is 16.1 Å². The molecule has 0 spiro atoms. The topological polar surface area (TPSA) is 105 Å². The summed E-state index contributed by atoms with van der Waals surface area (Å²) in [5.74, 6) is 0. The molecule has 24 heavy (non-hydrogen) atoms. The maximum Gasteiger partial charge on any atom is 0.375 e. The Morgan fingerprint density at radius 1 is 1.08 bits per heavy atom. The van der Waals surface area contributed by atoms with Crippen LogP contribution in [0.25, 0.3) is 0 Å². The number of carbonyl (C=O) groups excluding carboxylic acids is 1. The number of hydrogen-bond donors (Lipinski definition) is 3. The quantitative estimate of drug-likeness (QED) is 0.484. The van der Waals surface area contributed by atoms with Gasteiger partial charge in [-0.1, -0.05) is 0 Å². The van der Waals surface area contributed by atoms with E-state index in [1.807, 2.05) is 20.8 Å². The van der Waals surface area contributed by atoms with E-state index in [0.717, 1.165) is 10.1 Å². The van der Waals surface area contributed by atoms with Gasteiger partial charge in [-0.2, -0.15) is 8.42 Å². The van der Waals surface area contributed by atoms with Gasteiger partial charge >= 0.3 is 16.1 Å². The number of quaternary nitrogens is 1. The van der Waals surface area contributed by atoms with Crippen LogP contribution >= 0.6 is 0 Å². The number of primary amides is 1. The fourth-order valence-corrected chi connectivity index (χ4v) is 4.57. The smallest absolute Gasteiger partial charge is 0.375 e. The number of sulfonamides is 1. The van der Waals surface area contributed by atoms with Crippen molar-refractivity contribution in [1.29, 1.82) is 0 Å². The van der Waals surface area contributed by atoms with Crippen LogP contribution in [0.3, 0.4) is 0 Å². The van der Waals surface area contributed by atoms with E-state index in [4.69, 9.17) is 5.73 Å². The normalized spacial score (nSPS) is 11.9. The van der Waals surface area contributed by atoms with Crippen molar-refractivity contribution in [2.45, 2.75) is 25.7 Å². The molecule has 8 nitrogen and oxygen atoms in total. The Kier molecular flexibility index (Phi) is 6.44. The van der Waals surface area contributed by atoms with Crippen molar-refractivity contribution < 1.29 is 17.8 Å². The van der Waals surface area contributed by atoms with Gasteiger partial charge in [0.1, 0.15) is 0 Å². The van der Waals surface area contributed by atoms with Crippen LogP contribution in [0, 0.1) is 0 Å². The first-order valence-electron chi connectivity index (χ1n) is 7.94. The van der Waals surface area contributed by atoms with E-state index in [2.05, 4.69) is 10.6 Å². The average Bonchev–Trinajstić information content (AvgIpc) is 2.58. The van der Waals surface area contributed by atoms with Crippen LogP contribution in [0.4, 0.5) is 16.2 Å². The summed E-state index contributed by atoms with van der Waals surface area (Å²) in [5.41, 5.74) is 6.83. The number of hydrogen-bond acceptors (Lipinski definition) is 5. The highest BCUT2D eigenvalue weighted by Gasteiger charge is 2.44. The molecule has 0 saturated heterocycles. The molecule has 1 aromatic rings. The highest BCUT2D eigenvalue weighted by molar-refractivity contribution is 7.89. The average molecular weight is 358 g/mol. The molecular weight excluding hydrogens is 330 g/mol. The minimum Gasteiger partial charge on any atom is -0.386 e. The van der Waals surface area contributed by atoms with E-state index in [0.29, 0.717) is 25.3 Å². The molecule has 0 unspecified atom stereocenters. The molecule has 2 amide bonds. The molecule has 9 heteroatoms. The Morgan fingerprint density at radius 3 is 1.96 bits per heavy atom. The first kappa shape index (κ1) is 20.0. The van der Waals surface area contributed by atoms with Crippen LogP contribution in [0.15, 0.2) is 23.1 Å². The summed E-state index contributed by atoms with van der Waals surface area (Å²) in [4.78, 5) is 12.1. The number of amides is 2. The maximum absolute atomic E-state index is 13.1. The zero-order chi connectivity index (χ0) is 18.5. The number of carbonyl (C=O) groups is 1. The van der Waals surface area contributed by atoms with Crippen molar-refractivity contribution in [3.05, 3.63) is 18.2 Å². The first-order chi connectivity index (χ1) is 11.2. The van der Waals surface area contributed by atoms with Crippen molar-refractivity contribution in [3.63, 3.8) is 0 Å². The number of nitrogens with one attached hydrogen (secondary N) is 2. The largest absolute Gasteiger partial charge is 0.386 e. The van der Waals surface area contributed by atoms with E-state index in [9.17, 15) is 13.2 Å². The lowest BCUT2D eigenvalue weighted by Crippen LogP contribution is -2.65. The second kappa shape index (κ2) is 7.71. The van der Waals surface area contributed by atoms with Crippen LogP contribution in [-0.2, 0) is 10.0 Å². The van der Waals surface area contributed by atoms with Crippen molar-refractivity contribution in [3.8, 4) is 0 Å². The molecule has 0 heterocycles. The Labute approximate surface area is 144 Å². The molecule has 0 bridgehead atoms. The van der Waals surface area contributed by atoms with Crippen molar-refractivity contribution in [2.75, 3.05) is 44.4 Å². The second-order valence-electron chi connectivity index (χ2n) is 5.34. The zero-order valence-electron chi connectivity index (χ0n) is 15.0. The third-order valence-electron chi connectivity index (χ3n) is 4.40. The number of rotatable bonds is 8. The molecule has 1 aromatic carbocycles. The highest BCUT2D eigenvalue weighted by Crippen LogP contribution is 2.29. The minimum absolute atomic E-state index is 0.0162. The molecule has 0 aliphatic rings. The summed E-state index contributed by atoms with van der Waals surface area (Å²) < 4.78 is 27.0. The molecule has 4 N–H and O–H groups in total. The number of nitrogens with two attached hydrogens (primary N) is 1. The molecule has 0 aromatic heterocycles. The Balaban J connectivity index is 3.56. The van der Waals surface area contributed by atoms with E-state index in [1.54, 1.807) is 20.2 Å². The summed E-state index contributed by atoms with van der Waals surface area (Å²) in [7, 11) is -0.648. The van der Waals surface area contributed by atoms with Gasteiger partial charge in [-0.15, -0.1) is 0 Å². The second-order valence-corrected chi connectivity index (χ2v) is 7.10. The summed E-state index contributed by atoms with van der Waals surface area (Å²) in [6, 6.07) is 3.63. The Bertz CT molecular complexity index is 678. The number of anilines is 2. The predicted molar refractivity (Wildman–Crippen MR) is 96.0 cm³/mol. The van der Waals surface area contributed by atoms with Gasteiger partial charge in [0.15, 0.2) is 0 Å². The molecule has 0 aliphatic carbocycles. The van der Waals surface area contributed by atoms with Crippen LogP contribution in [0.1, 0.15) is 20.8 Å². The number of benzene rings is 1. The molecule has 0 atom stereocenters. The van der Waals surface area contributed by atoms with Crippen molar-refractivity contribution in [1.82, 2.24) is 4.41 Å². The van der Waals surface area contributed by atoms with Gasteiger partial charge in [-0.05, 0) is 43.4 Å². The van der Waals surface area contributed by atoms with Crippen LogP contribution < -0.4 is 16.4 Å². The molecular formula is C15H28N5O3S+. The molecule has 0 radical (unpaired) electrons. The summed E-state index contributed by atoms with van der Waals surface area (Å²) in [6.07, 6.45) is 0. The third kappa shape index (κ3) is 3.41. The Morgan fingerprint density at radius 2 is 1.58 bits per heavy atom. The van der Waals surface area contributed by atoms with Crippen LogP contribution in [-0.4, -0.2) is 57.2 Å². The third-order valence-corrected chi connectivity index (χ3v) is 6.23. The summed E-state index contributed by atoms with van der Waals surface area (Å²) in [6.45, 7) is 6.80. The van der Waals surface area contributed by atoms with Crippen LogP contribution in [0.5, 0.6) is 0 Å². The van der Waals surface area contributed by atoms with Crippen LogP contribution in [0.2, 0.25) is 0 Å². The minimum atomic E-state index is -4.09. The van der Waals surface area contributed by atoms with Gasteiger partial charge < -0.3 is 16.4 Å². The molecule has 136 valence electrons. The van der Waals surface area contributed by atoms with Gasteiger partial charge in [0.05, 0.1) is 35.9 Å². The SMILES string of the molecule is CC[N+](CC)(CC)N(C(N)=O)S(=O)(=O)c1ccc(NC)c(NC)c1. The monoisotopic (exact) mass is 358 g/mol. The van der Waals surface area contributed by atoms with E-state index >= 15 is 0 Å². The maximum atomic E-state index is 13.1. The highest BCUT2D eigenvalue weighted by atomic mass is 32.2. The van der Waals surface area contributed by atoms with Gasteiger partial charge in [-0.3, -0.25) is 0 Å². The zero-order valence-corrected chi connectivity index (χ0v) is 15.8. The van der Waals surface area contributed by atoms with Gasteiger partial charge in [0, 0.05) is 14.1 Å². The first-order valence-corrected chi connectivity index (χ1v) is 9.38. The molecule has 0 fully saturated rings. The van der Waals surface area contributed by atoms with Crippen molar-refractivity contribution >= 4 is 27.4 Å².